The number of para-hydroxylation sites is 2. The molecule has 3 aromatic carbocycles. The highest BCUT2D eigenvalue weighted by Crippen LogP contribution is 2.28. The minimum Gasteiger partial charge on any atom is -0.411 e. The fourth-order valence-electron chi connectivity index (χ4n) is 2.89. The van der Waals surface area contributed by atoms with E-state index in [1.807, 2.05) is 60.7 Å². The second-order valence-electron chi connectivity index (χ2n) is 6.37. The minimum atomic E-state index is -0.476. The number of carbonyl (C=O) groups excluding carboxylic acids is 1. The average molecular weight is 432 g/mol. The zero-order chi connectivity index (χ0) is 21.6. The highest BCUT2D eigenvalue weighted by atomic mass is 32.2. The van der Waals surface area contributed by atoms with E-state index in [9.17, 15) is 14.9 Å². The van der Waals surface area contributed by atoms with Gasteiger partial charge in [-0.25, -0.2) is 0 Å². The predicted molar refractivity (Wildman–Crippen MR) is 117 cm³/mol. The van der Waals surface area contributed by atoms with Crippen LogP contribution in [0.25, 0.3) is 11.5 Å². The lowest BCUT2D eigenvalue weighted by molar-refractivity contribution is -0.384. The van der Waals surface area contributed by atoms with Crippen molar-refractivity contribution in [1.29, 1.82) is 0 Å². The van der Waals surface area contributed by atoms with Gasteiger partial charge in [0.15, 0.2) is 0 Å². The number of nitro groups is 1. The lowest BCUT2D eigenvalue weighted by Gasteiger charge is -2.22. The highest BCUT2D eigenvalue weighted by Gasteiger charge is 2.19. The van der Waals surface area contributed by atoms with Gasteiger partial charge in [0.25, 0.3) is 10.9 Å². The van der Waals surface area contributed by atoms with Crippen molar-refractivity contribution in [2.75, 3.05) is 10.7 Å². The van der Waals surface area contributed by atoms with E-state index < -0.39 is 4.92 Å². The monoisotopic (exact) mass is 432 g/mol. The number of benzene rings is 3. The second kappa shape index (κ2) is 9.23. The maximum absolute atomic E-state index is 13.0. The first-order valence-corrected chi connectivity index (χ1v) is 10.2. The van der Waals surface area contributed by atoms with Crippen LogP contribution in [0.3, 0.4) is 0 Å². The van der Waals surface area contributed by atoms with Crippen LogP contribution in [-0.4, -0.2) is 26.8 Å². The number of aromatic nitrogens is 2. The Bertz CT molecular complexity index is 1140. The molecule has 31 heavy (non-hydrogen) atoms. The number of thioether (sulfide) groups is 1. The molecular weight excluding hydrogens is 416 g/mol. The molecule has 0 bridgehead atoms. The Morgan fingerprint density at radius 1 is 0.903 bits per heavy atom. The van der Waals surface area contributed by atoms with Gasteiger partial charge in [0.05, 0.1) is 10.7 Å². The van der Waals surface area contributed by atoms with Crippen molar-refractivity contribution in [2.45, 2.75) is 5.22 Å². The van der Waals surface area contributed by atoms with E-state index in [1.165, 1.54) is 24.3 Å². The number of amides is 1. The summed E-state index contributed by atoms with van der Waals surface area (Å²) in [5.74, 6) is 0.177. The topological polar surface area (TPSA) is 102 Å². The van der Waals surface area contributed by atoms with Gasteiger partial charge in [-0.2, -0.15) is 0 Å². The van der Waals surface area contributed by atoms with Crippen molar-refractivity contribution < 1.29 is 14.1 Å². The third kappa shape index (κ3) is 4.78. The molecule has 0 saturated carbocycles. The Morgan fingerprint density at radius 3 is 2.03 bits per heavy atom. The highest BCUT2D eigenvalue weighted by molar-refractivity contribution is 7.99. The molecule has 0 atom stereocenters. The van der Waals surface area contributed by atoms with Crippen LogP contribution in [0, 0.1) is 10.1 Å². The summed E-state index contributed by atoms with van der Waals surface area (Å²) in [6.45, 7) is 0. The van der Waals surface area contributed by atoms with E-state index in [2.05, 4.69) is 10.2 Å². The van der Waals surface area contributed by atoms with E-state index in [-0.39, 0.29) is 28.5 Å². The fourth-order valence-corrected chi connectivity index (χ4v) is 3.50. The molecule has 1 heterocycles. The average Bonchev–Trinajstić information content (AvgIpc) is 3.28. The SMILES string of the molecule is O=C(CSc1nnc(-c2ccc([N+](=O)[O-])cc2)o1)N(c1ccccc1)c1ccccc1. The third-order valence-electron chi connectivity index (χ3n) is 4.33. The molecule has 1 aromatic heterocycles. The van der Waals surface area contributed by atoms with Gasteiger partial charge in [-0.1, -0.05) is 48.2 Å². The lowest BCUT2D eigenvalue weighted by Crippen LogP contribution is -2.27. The quantitative estimate of drug-likeness (QED) is 0.227. The predicted octanol–water partition coefficient (Wildman–Crippen LogP) is 5.10. The normalized spacial score (nSPS) is 10.6. The van der Waals surface area contributed by atoms with Crippen LogP contribution >= 0.6 is 11.8 Å². The molecule has 8 nitrogen and oxygen atoms in total. The molecule has 0 saturated heterocycles. The molecule has 0 radical (unpaired) electrons. The van der Waals surface area contributed by atoms with Gasteiger partial charge in [0.1, 0.15) is 0 Å². The Kier molecular flexibility index (Phi) is 6.04. The molecule has 4 rings (SSSR count). The first kappa shape index (κ1) is 20.3. The summed E-state index contributed by atoms with van der Waals surface area (Å²) < 4.78 is 5.61. The van der Waals surface area contributed by atoms with Gasteiger partial charge >= 0.3 is 0 Å². The number of non-ortho nitro benzene ring substituents is 1. The number of nitro benzene ring substituents is 1. The van der Waals surface area contributed by atoms with E-state index in [1.54, 1.807) is 4.90 Å². The molecule has 9 heteroatoms. The Hall–Kier alpha value is -3.98. The summed E-state index contributed by atoms with van der Waals surface area (Å²) in [6.07, 6.45) is 0. The number of carbonyl (C=O) groups is 1. The van der Waals surface area contributed by atoms with Gasteiger partial charge in [0, 0.05) is 29.1 Å². The van der Waals surface area contributed by atoms with Gasteiger partial charge in [-0.05, 0) is 36.4 Å². The Morgan fingerprint density at radius 2 is 1.48 bits per heavy atom. The molecule has 0 aliphatic carbocycles. The van der Waals surface area contributed by atoms with Crippen molar-refractivity contribution in [3.63, 3.8) is 0 Å². The number of anilines is 2. The van der Waals surface area contributed by atoms with E-state index in [0.29, 0.717) is 5.56 Å². The smallest absolute Gasteiger partial charge is 0.277 e. The number of hydrogen-bond donors (Lipinski definition) is 0. The second-order valence-corrected chi connectivity index (χ2v) is 7.29. The van der Waals surface area contributed by atoms with Crippen molar-refractivity contribution >= 4 is 34.7 Å². The van der Waals surface area contributed by atoms with Gasteiger partial charge in [0.2, 0.25) is 11.8 Å². The van der Waals surface area contributed by atoms with Crippen LogP contribution in [-0.2, 0) is 4.79 Å². The summed E-state index contributed by atoms with van der Waals surface area (Å²) in [5.41, 5.74) is 2.06. The van der Waals surface area contributed by atoms with Crippen molar-refractivity contribution in [3.05, 3.63) is 95.0 Å². The summed E-state index contributed by atoms with van der Waals surface area (Å²) in [6, 6.07) is 24.6. The number of hydrogen-bond acceptors (Lipinski definition) is 7. The fraction of sp³-hybridized carbons (Fsp3) is 0.0455. The molecule has 1 amide bonds. The molecule has 0 fully saturated rings. The number of nitrogens with zero attached hydrogens (tertiary/aromatic N) is 4. The van der Waals surface area contributed by atoms with Crippen molar-refractivity contribution in [1.82, 2.24) is 10.2 Å². The molecule has 0 aliphatic heterocycles. The maximum Gasteiger partial charge on any atom is 0.277 e. The van der Waals surface area contributed by atoms with Crippen LogP contribution in [0.1, 0.15) is 0 Å². The molecular formula is C22H16N4O4S. The Labute approximate surface area is 181 Å². The molecule has 0 N–H and O–H groups in total. The summed E-state index contributed by atoms with van der Waals surface area (Å²) >= 11 is 1.13. The summed E-state index contributed by atoms with van der Waals surface area (Å²) in [4.78, 5) is 25.0. The van der Waals surface area contributed by atoms with Crippen LogP contribution in [0.15, 0.2) is 94.6 Å². The van der Waals surface area contributed by atoms with Crippen molar-refractivity contribution in [2.24, 2.45) is 0 Å². The molecule has 0 spiro atoms. The first-order chi connectivity index (χ1) is 15.1. The van der Waals surface area contributed by atoms with Gasteiger partial charge in [-0.15, -0.1) is 10.2 Å². The zero-order valence-corrected chi connectivity index (χ0v) is 16.9. The maximum atomic E-state index is 13.0. The van der Waals surface area contributed by atoms with Gasteiger partial charge < -0.3 is 4.42 Å². The van der Waals surface area contributed by atoms with Crippen LogP contribution in [0.2, 0.25) is 0 Å². The Balaban J connectivity index is 1.48. The molecule has 0 aliphatic rings. The summed E-state index contributed by atoms with van der Waals surface area (Å²) in [7, 11) is 0. The first-order valence-electron chi connectivity index (χ1n) is 9.26. The molecule has 0 unspecified atom stereocenters. The van der Waals surface area contributed by atoms with E-state index >= 15 is 0 Å². The van der Waals surface area contributed by atoms with Crippen LogP contribution in [0.5, 0.6) is 0 Å². The molecule has 4 aromatic rings. The van der Waals surface area contributed by atoms with Crippen LogP contribution in [0.4, 0.5) is 17.1 Å². The van der Waals surface area contributed by atoms with Gasteiger partial charge in [-0.3, -0.25) is 19.8 Å². The lowest BCUT2D eigenvalue weighted by atomic mass is 10.2. The standard InChI is InChI=1S/C22H16N4O4S/c27-20(25(17-7-3-1-4-8-17)18-9-5-2-6-10-18)15-31-22-24-23-21(30-22)16-11-13-19(14-12-16)26(28)29/h1-14H,15H2. The number of rotatable bonds is 7. The molecule has 154 valence electrons. The third-order valence-corrected chi connectivity index (χ3v) is 5.13. The van der Waals surface area contributed by atoms with E-state index in [0.717, 1.165) is 23.1 Å². The van der Waals surface area contributed by atoms with Crippen molar-refractivity contribution in [3.8, 4) is 11.5 Å². The zero-order valence-electron chi connectivity index (χ0n) is 16.1. The van der Waals surface area contributed by atoms with Crippen LogP contribution < -0.4 is 4.90 Å². The summed E-state index contributed by atoms with van der Waals surface area (Å²) in [5, 5.41) is 19.0. The minimum absolute atomic E-state index is 0.0228. The largest absolute Gasteiger partial charge is 0.411 e. The van der Waals surface area contributed by atoms with E-state index in [4.69, 9.17) is 4.42 Å².